The molecule has 22 heavy (non-hydrogen) atoms. The Labute approximate surface area is 130 Å². The minimum Gasteiger partial charge on any atom is -0.423 e. The van der Waals surface area contributed by atoms with Crippen LogP contribution in [0.25, 0.3) is 0 Å². The Morgan fingerprint density at radius 2 is 1.86 bits per heavy atom. The molecule has 0 amide bonds. The summed E-state index contributed by atoms with van der Waals surface area (Å²) < 4.78 is 17.6. The van der Waals surface area contributed by atoms with E-state index in [-0.39, 0.29) is 11.4 Å². The lowest BCUT2D eigenvalue weighted by molar-refractivity contribution is -0.237. The lowest BCUT2D eigenvalue weighted by atomic mass is 9.59. The van der Waals surface area contributed by atoms with Crippen LogP contribution in [0.1, 0.15) is 46.0 Å². The highest BCUT2D eigenvalue weighted by atomic mass is 16.7. The molecule has 4 aliphatic rings. The summed E-state index contributed by atoms with van der Waals surface area (Å²) in [5.41, 5.74) is 3.79. The van der Waals surface area contributed by atoms with Gasteiger partial charge in [-0.3, -0.25) is 0 Å². The molecule has 0 aromatic heterocycles. The summed E-state index contributed by atoms with van der Waals surface area (Å²) in [6, 6.07) is 0. The number of hydrogen-bond acceptors (Lipinski definition) is 4. The molecule has 4 heteroatoms. The second kappa shape index (κ2) is 4.80. The first-order valence-electron chi connectivity index (χ1n) is 8.17. The van der Waals surface area contributed by atoms with E-state index in [0.29, 0.717) is 13.2 Å². The minimum absolute atomic E-state index is 0.0672. The van der Waals surface area contributed by atoms with Gasteiger partial charge >= 0.3 is 5.97 Å². The maximum atomic E-state index is 11.4. The number of carbonyl (C=O) groups excluding carboxylic acids is 1. The van der Waals surface area contributed by atoms with Crippen LogP contribution in [0.4, 0.5) is 0 Å². The van der Waals surface area contributed by atoms with Crippen molar-refractivity contribution in [2.24, 2.45) is 5.41 Å². The summed E-state index contributed by atoms with van der Waals surface area (Å²) in [6.45, 7) is 5.82. The van der Waals surface area contributed by atoms with Crippen molar-refractivity contribution in [3.8, 4) is 0 Å². The van der Waals surface area contributed by atoms with Crippen LogP contribution in [0.5, 0.6) is 0 Å². The van der Waals surface area contributed by atoms with E-state index >= 15 is 0 Å². The van der Waals surface area contributed by atoms with Gasteiger partial charge in [-0.25, -0.2) is 4.79 Å². The number of cyclic esters (lactones) is 1. The fourth-order valence-electron chi connectivity index (χ4n) is 4.67. The molecule has 1 spiro atoms. The predicted octanol–water partition coefficient (Wildman–Crippen LogP) is 3.40. The molecule has 0 aromatic carbocycles. The van der Waals surface area contributed by atoms with E-state index in [1.165, 1.54) is 22.8 Å². The van der Waals surface area contributed by atoms with Gasteiger partial charge in [-0.1, -0.05) is 12.5 Å². The van der Waals surface area contributed by atoms with E-state index in [1.807, 2.05) is 0 Å². The number of allylic oxidation sites excluding steroid dienone is 3. The number of carbonyl (C=O) groups is 1. The first-order valence-corrected chi connectivity index (χ1v) is 8.17. The fraction of sp³-hybridized carbons (Fsp3) is 0.611. The van der Waals surface area contributed by atoms with E-state index in [9.17, 15) is 4.79 Å². The average Bonchev–Trinajstić information content (AvgIpc) is 3.12. The summed E-state index contributed by atoms with van der Waals surface area (Å²) in [7, 11) is 0. The Kier molecular flexibility index (Phi) is 3.10. The molecule has 0 bridgehead atoms. The highest BCUT2D eigenvalue weighted by molar-refractivity contribution is 5.87. The number of fused-ring (bicyclic) bond motifs is 2. The lowest BCUT2D eigenvalue weighted by Crippen LogP contribution is -2.52. The molecule has 0 N–H and O–H groups in total. The second-order valence-corrected chi connectivity index (χ2v) is 6.84. The molecule has 0 aromatic rings. The van der Waals surface area contributed by atoms with Gasteiger partial charge in [-0.15, -0.1) is 0 Å². The molecule has 2 aliphatic carbocycles. The number of esters is 1. The van der Waals surface area contributed by atoms with Crippen LogP contribution in [-0.4, -0.2) is 25.0 Å². The lowest BCUT2D eigenvalue weighted by Gasteiger charge is -2.52. The molecule has 4 nitrogen and oxygen atoms in total. The van der Waals surface area contributed by atoms with Gasteiger partial charge in [0.25, 0.3) is 0 Å². The standard InChI is InChI=1S/C18H22O4/c1-12-13(15-5-6-16(19)22-15)7-9-17(2)14(12)4-3-8-18(17)20-10-11-21-18/h5-6H,3-4,7-11H2,1-2H3. The van der Waals surface area contributed by atoms with E-state index in [4.69, 9.17) is 14.2 Å². The van der Waals surface area contributed by atoms with Crippen molar-refractivity contribution >= 4 is 5.97 Å². The minimum atomic E-state index is -0.444. The zero-order valence-electron chi connectivity index (χ0n) is 13.2. The summed E-state index contributed by atoms with van der Waals surface area (Å²) in [5.74, 6) is 0.0152. The molecule has 1 atom stereocenters. The first kappa shape index (κ1) is 14.2. The molecule has 4 rings (SSSR count). The molecule has 2 heterocycles. The monoisotopic (exact) mass is 302 g/mol. The van der Waals surface area contributed by atoms with E-state index in [0.717, 1.165) is 37.9 Å². The third-order valence-corrected chi connectivity index (χ3v) is 5.85. The summed E-state index contributed by atoms with van der Waals surface area (Å²) in [6.07, 6.45) is 8.30. The molecule has 0 radical (unpaired) electrons. The number of ether oxygens (including phenoxy) is 3. The van der Waals surface area contributed by atoms with Crippen LogP contribution in [0, 0.1) is 5.41 Å². The van der Waals surface area contributed by atoms with E-state index in [1.54, 1.807) is 6.08 Å². The van der Waals surface area contributed by atoms with Gasteiger partial charge in [0.1, 0.15) is 5.76 Å². The van der Waals surface area contributed by atoms with Crippen LogP contribution < -0.4 is 0 Å². The molecule has 1 saturated carbocycles. The van der Waals surface area contributed by atoms with Crippen LogP contribution in [0.2, 0.25) is 0 Å². The maximum Gasteiger partial charge on any atom is 0.336 e. The van der Waals surface area contributed by atoms with Gasteiger partial charge in [-0.05, 0) is 49.8 Å². The molecule has 118 valence electrons. The topological polar surface area (TPSA) is 44.8 Å². The van der Waals surface area contributed by atoms with Crippen LogP contribution in [-0.2, 0) is 19.0 Å². The number of hydrogen-bond donors (Lipinski definition) is 0. The van der Waals surface area contributed by atoms with Gasteiger partial charge in [0.05, 0.1) is 13.2 Å². The van der Waals surface area contributed by atoms with Crippen LogP contribution >= 0.6 is 0 Å². The van der Waals surface area contributed by atoms with Crippen molar-refractivity contribution < 1.29 is 19.0 Å². The molecule has 1 unspecified atom stereocenters. The normalized spacial score (nSPS) is 36.9. The number of rotatable bonds is 0. The highest BCUT2D eigenvalue weighted by Crippen LogP contribution is 2.59. The van der Waals surface area contributed by atoms with Gasteiger partial charge in [0.15, 0.2) is 5.79 Å². The van der Waals surface area contributed by atoms with Crippen molar-refractivity contribution in [1.82, 2.24) is 0 Å². The Balaban J connectivity index is 1.80. The van der Waals surface area contributed by atoms with Crippen molar-refractivity contribution in [2.75, 3.05) is 13.2 Å². The zero-order chi connectivity index (χ0) is 15.4. The van der Waals surface area contributed by atoms with E-state index < -0.39 is 5.79 Å². The Morgan fingerprint density at radius 3 is 2.55 bits per heavy atom. The van der Waals surface area contributed by atoms with Crippen LogP contribution in [0.15, 0.2) is 34.6 Å². The third kappa shape index (κ3) is 1.80. The Bertz CT molecular complexity index is 619. The maximum absolute atomic E-state index is 11.4. The molecular formula is C18H22O4. The smallest absolute Gasteiger partial charge is 0.336 e. The largest absolute Gasteiger partial charge is 0.423 e. The Hall–Kier alpha value is -1.39. The van der Waals surface area contributed by atoms with Crippen molar-refractivity contribution in [2.45, 2.75) is 51.7 Å². The summed E-state index contributed by atoms with van der Waals surface area (Å²) in [4.78, 5) is 11.4. The van der Waals surface area contributed by atoms with Gasteiger partial charge in [-0.2, -0.15) is 0 Å². The second-order valence-electron chi connectivity index (χ2n) is 6.84. The van der Waals surface area contributed by atoms with Gasteiger partial charge in [0.2, 0.25) is 0 Å². The summed E-state index contributed by atoms with van der Waals surface area (Å²) in [5, 5.41) is 0. The highest BCUT2D eigenvalue weighted by Gasteiger charge is 2.57. The average molecular weight is 302 g/mol. The predicted molar refractivity (Wildman–Crippen MR) is 80.8 cm³/mol. The SMILES string of the molecule is CC1=C2CCCC3(OCCO3)C2(C)CCC1=C1C=CC(=O)O1. The Morgan fingerprint density at radius 1 is 1.09 bits per heavy atom. The fourth-order valence-corrected chi connectivity index (χ4v) is 4.67. The molecule has 2 fully saturated rings. The third-order valence-electron chi connectivity index (χ3n) is 5.85. The summed E-state index contributed by atoms with van der Waals surface area (Å²) >= 11 is 0. The molecular weight excluding hydrogens is 280 g/mol. The van der Waals surface area contributed by atoms with Crippen molar-refractivity contribution in [3.05, 3.63) is 34.6 Å². The first-order chi connectivity index (χ1) is 10.6. The van der Waals surface area contributed by atoms with Crippen molar-refractivity contribution in [3.63, 3.8) is 0 Å². The van der Waals surface area contributed by atoms with Gasteiger partial charge < -0.3 is 14.2 Å². The molecule has 1 saturated heterocycles. The zero-order valence-corrected chi connectivity index (χ0v) is 13.2. The van der Waals surface area contributed by atoms with Crippen LogP contribution in [0.3, 0.4) is 0 Å². The quantitative estimate of drug-likeness (QED) is 0.643. The van der Waals surface area contributed by atoms with E-state index in [2.05, 4.69) is 13.8 Å². The molecule has 2 aliphatic heterocycles. The van der Waals surface area contributed by atoms with Gasteiger partial charge in [0, 0.05) is 17.9 Å². The van der Waals surface area contributed by atoms with Crippen molar-refractivity contribution in [1.29, 1.82) is 0 Å².